The Kier molecular flexibility index (Phi) is 12.3. The Labute approximate surface area is 134 Å². The Balaban J connectivity index is -0.000000750. The van der Waals surface area contributed by atoms with Crippen LogP contribution in [0.5, 0.6) is 0 Å². The van der Waals surface area contributed by atoms with E-state index in [0.717, 1.165) is 0 Å². The summed E-state index contributed by atoms with van der Waals surface area (Å²) < 4.78 is 0. The zero-order chi connectivity index (χ0) is 10.8. The molecule has 1 aromatic rings. The van der Waals surface area contributed by atoms with Crippen LogP contribution in [0.3, 0.4) is 0 Å². The standard InChI is InChI=1S/C15H24.Ca.2H/c1-2-3-4-5-6-7-9-12-15-13-10-8-11-14-15;;;/h8,10-11,13-14H,2-7,9,12H2,1H3;;;/q;+2;2*-1. The summed E-state index contributed by atoms with van der Waals surface area (Å²) in [5, 5.41) is 0. The molecular formula is C15H26Ca. The second-order valence-electron chi connectivity index (χ2n) is 4.36. The van der Waals surface area contributed by atoms with E-state index in [1.165, 1.54) is 56.9 Å². The van der Waals surface area contributed by atoms with Crippen molar-refractivity contribution in [1.29, 1.82) is 0 Å². The van der Waals surface area contributed by atoms with Gasteiger partial charge in [0.25, 0.3) is 0 Å². The van der Waals surface area contributed by atoms with Crippen LogP contribution in [0, 0.1) is 0 Å². The van der Waals surface area contributed by atoms with E-state index < -0.39 is 0 Å². The molecule has 0 aliphatic heterocycles. The van der Waals surface area contributed by atoms with Gasteiger partial charge in [-0.2, -0.15) is 0 Å². The summed E-state index contributed by atoms with van der Waals surface area (Å²) in [4.78, 5) is 0. The molecular weight excluding hydrogens is 220 g/mol. The normalized spacial score (nSPS) is 9.81. The molecule has 0 radical (unpaired) electrons. The van der Waals surface area contributed by atoms with E-state index in [9.17, 15) is 0 Å². The first-order chi connectivity index (χ1) is 7.43. The van der Waals surface area contributed by atoms with Gasteiger partial charge >= 0.3 is 37.7 Å². The van der Waals surface area contributed by atoms with Crippen LogP contribution in [-0.2, 0) is 6.42 Å². The fourth-order valence-corrected chi connectivity index (χ4v) is 1.93. The van der Waals surface area contributed by atoms with Crippen molar-refractivity contribution >= 4 is 37.7 Å². The molecule has 0 atom stereocenters. The van der Waals surface area contributed by atoms with E-state index in [2.05, 4.69) is 37.3 Å². The van der Waals surface area contributed by atoms with Gasteiger partial charge in [-0.3, -0.25) is 0 Å². The first-order valence-corrected chi connectivity index (χ1v) is 6.47. The van der Waals surface area contributed by atoms with Crippen molar-refractivity contribution in [2.45, 2.75) is 58.3 Å². The Morgan fingerprint density at radius 1 is 0.812 bits per heavy atom. The number of hydrogen-bond acceptors (Lipinski definition) is 0. The number of hydrogen-bond donors (Lipinski definition) is 0. The van der Waals surface area contributed by atoms with Crippen molar-refractivity contribution in [2.24, 2.45) is 0 Å². The molecule has 16 heavy (non-hydrogen) atoms. The smallest absolute Gasteiger partial charge is 1.00 e. The minimum Gasteiger partial charge on any atom is -1.00 e. The minimum absolute atomic E-state index is 0. The summed E-state index contributed by atoms with van der Waals surface area (Å²) in [7, 11) is 0. The molecule has 0 fully saturated rings. The first-order valence-electron chi connectivity index (χ1n) is 6.47. The maximum Gasteiger partial charge on any atom is 2.00 e. The minimum atomic E-state index is 0. The van der Waals surface area contributed by atoms with Gasteiger partial charge in [0.1, 0.15) is 0 Å². The van der Waals surface area contributed by atoms with E-state index in [1.54, 1.807) is 0 Å². The summed E-state index contributed by atoms with van der Waals surface area (Å²) in [6, 6.07) is 10.8. The monoisotopic (exact) mass is 246 g/mol. The van der Waals surface area contributed by atoms with Gasteiger partial charge in [0.2, 0.25) is 0 Å². The molecule has 0 saturated carbocycles. The van der Waals surface area contributed by atoms with Crippen molar-refractivity contribution in [3.63, 3.8) is 0 Å². The molecule has 0 bridgehead atoms. The molecule has 1 heteroatoms. The number of benzene rings is 1. The Hall–Kier alpha value is 0.480. The van der Waals surface area contributed by atoms with Gasteiger partial charge in [-0.15, -0.1) is 0 Å². The van der Waals surface area contributed by atoms with Gasteiger partial charge in [-0.25, -0.2) is 0 Å². The van der Waals surface area contributed by atoms with Crippen molar-refractivity contribution in [2.75, 3.05) is 0 Å². The molecule has 0 saturated heterocycles. The van der Waals surface area contributed by atoms with Crippen LogP contribution in [0.15, 0.2) is 30.3 Å². The molecule has 0 aromatic heterocycles. The third kappa shape index (κ3) is 8.61. The molecule has 0 N–H and O–H groups in total. The third-order valence-corrected chi connectivity index (χ3v) is 2.91. The summed E-state index contributed by atoms with van der Waals surface area (Å²) >= 11 is 0. The fourth-order valence-electron chi connectivity index (χ4n) is 1.93. The van der Waals surface area contributed by atoms with Gasteiger partial charge in [0.15, 0.2) is 0 Å². The van der Waals surface area contributed by atoms with Gasteiger partial charge in [-0.1, -0.05) is 75.8 Å². The maximum atomic E-state index is 2.27. The van der Waals surface area contributed by atoms with Crippen LogP contribution < -0.4 is 0 Å². The summed E-state index contributed by atoms with van der Waals surface area (Å²) in [5.74, 6) is 0. The largest absolute Gasteiger partial charge is 2.00 e. The van der Waals surface area contributed by atoms with Crippen molar-refractivity contribution < 1.29 is 2.85 Å². The maximum absolute atomic E-state index is 2.27. The number of unbranched alkanes of at least 4 members (excludes halogenated alkanes) is 6. The molecule has 0 unspecified atom stereocenters. The second kappa shape index (κ2) is 12.0. The molecule has 88 valence electrons. The molecule has 1 aromatic carbocycles. The van der Waals surface area contributed by atoms with Crippen LogP contribution >= 0.6 is 0 Å². The van der Waals surface area contributed by atoms with Gasteiger partial charge < -0.3 is 2.85 Å². The Morgan fingerprint density at radius 2 is 1.38 bits per heavy atom. The van der Waals surface area contributed by atoms with Crippen LogP contribution in [0.2, 0.25) is 0 Å². The van der Waals surface area contributed by atoms with Gasteiger partial charge in [-0.05, 0) is 18.4 Å². The average Bonchev–Trinajstić information content (AvgIpc) is 2.29. The molecule has 0 aliphatic rings. The molecule has 0 nitrogen and oxygen atoms in total. The van der Waals surface area contributed by atoms with E-state index >= 15 is 0 Å². The predicted molar refractivity (Wildman–Crippen MR) is 76.1 cm³/mol. The molecule has 0 aliphatic carbocycles. The summed E-state index contributed by atoms with van der Waals surface area (Å²) in [6.45, 7) is 2.27. The van der Waals surface area contributed by atoms with Gasteiger partial charge in [0.05, 0.1) is 0 Å². The third-order valence-electron chi connectivity index (χ3n) is 2.91. The molecule has 1 rings (SSSR count). The van der Waals surface area contributed by atoms with E-state index in [4.69, 9.17) is 0 Å². The Morgan fingerprint density at radius 3 is 2.00 bits per heavy atom. The first kappa shape index (κ1) is 16.5. The molecule has 0 spiro atoms. The van der Waals surface area contributed by atoms with Crippen molar-refractivity contribution in [3.8, 4) is 0 Å². The van der Waals surface area contributed by atoms with E-state index in [0.29, 0.717) is 0 Å². The van der Waals surface area contributed by atoms with Crippen LogP contribution in [-0.4, -0.2) is 37.7 Å². The van der Waals surface area contributed by atoms with Crippen LogP contribution in [0.25, 0.3) is 0 Å². The van der Waals surface area contributed by atoms with Crippen LogP contribution in [0.1, 0.15) is 60.3 Å². The second-order valence-corrected chi connectivity index (χ2v) is 4.36. The van der Waals surface area contributed by atoms with E-state index in [-0.39, 0.29) is 40.6 Å². The number of aryl methyl sites for hydroxylation is 1. The Bertz CT molecular complexity index is 240. The summed E-state index contributed by atoms with van der Waals surface area (Å²) in [5.41, 5.74) is 1.49. The SMILES string of the molecule is CCCCCCCCCc1ccccc1.[Ca+2].[H-].[H-]. The van der Waals surface area contributed by atoms with Gasteiger partial charge in [0, 0.05) is 0 Å². The molecule has 0 heterocycles. The topological polar surface area (TPSA) is 0 Å². The van der Waals surface area contributed by atoms with E-state index in [1.807, 2.05) is 0 Å². The zero-order valence-electron chi connectivity index (χ0n) is 12.8. The molecule has 0 amide bonds. The van der Waals surface area contributed by atoms with Crippen LogP contribution in [0.4, 0.5) is 0 Å². The zero-order valence-corrected chi connectivity index (χ0v) is 13.0. The predicted octanol–water partition coefficient (Wildman–Crippen LogP) is 4.82. The number of rotatable bonds is 8. The average molecular weight is 246 g/mol. The fraction of sp³-hybridized carbons (Fsp3) is 0.600. The quantitative estimate of drug-likeness (QED) is 0.455. The van der Waals surface area contributed by atoms with Crippen molar-refractivity contribution in [3.05, 3.63) is 35.9 Å². The summed E-state index contributed by atoms with van der Waals surface area (Å²) in [6.07, 6.45) is 11.1. The van der Waals surface area contributed by atoms with Crippen molar-refractivity contribution in [1.82, 2.24) is 0 Å².